The molecule has 3 heterocycles. The standard InChI is InChI=1S/C25H31N3O5S/c1-19-3-2-10-28(16-19)34(30,31)22-7-5-21(6-8-22)25(29)27-13-11-26(12-14-27)17-20-4-9-23-24(15-20)33-18-32-23/h4-9,15,19H,2-3,10-14,16-18H2,1H3/t19-/m0/s1. The molecule has 2 saturated heterocycles. The summed E-state index contributed by atoms with van der Waals surface area (Å²) < 4.78 is 38.3. The maximum atomic E-state index is 13.0. The highest BCUT2D eigenvalue weighted by atomic mass is 32.2. The van der Waals surface area contributed by atoms with Crippen LogP contribution < -0.4 is 9.47 Å². The number of hydrogen-bond acceptors (Lipinski definition) is 6. The van der Waals surface area contributed by atoms with Gasteiger partial charge in [0.1, 0.15) is 0 Å². The van der Waals surface area contributed by atoms with E-state index >= 15 is 0 Å². The maximum Gasteiger partial charge on any atom is 0.253 e. The van der Waals surface area contributed by atoms with Gasteiger partial charge in [-0.25, -0.2) is 8.42 Å². The molecule has 0 N–H and O–H groups in total. The third-order valence-corrected chi connectivity index (χ3v) is 8.74. The van der Waals surface area contributed by atoms with Crippen molar-refractivity contribution in [1.82, 2.24) is 14.1 Å². The molecule has 182 valence electrons. The maximum absolute atomic E-state index is 13.0. The van der Waals surface area contributed by atoms with Crippen LogP contribution in [-0.4, -0.2) is 74.5 Å². The number of sulfonamides is 1. The van der Waals surface area contributed by atoms with Crippen LogP contribution in [0, 0.1) is 5.92 Å². The van der Waals surface area contributed by atoms with E-state index in [-0.39, 0.29) is 17.6 Å². The highest BCUT2D eigenvalue weighted by Crippen LogP contribution is 2.33. The van der Waals surface area contributed by atoms with E-state index in [4.69, 9.17) is 9.47 Å². The molecule has 8 nitrogen and oxygen atoms in total. The monoisotopic (exact) mass is 485 g/mol. The lowest BCUT2D eigenvalue weighted by atomic mass is 10.0. The normalized spacial score (nSPS) is 21.6. The van der Waals surface area contributed by atoms with Crippen molar-refractivity contribution in [2.45, 2.75) is 31.2 Å². The number of ether oxygens (including phenoxy) is 2. The Morgan fingerprint density at radius 1 is 0.971 bits per heavy atom. The number of carbonyl (C=O) groups is 1. The van der Waals surface area contributed by atoms with Crippen molar-refractivity contribution >= 4 is 15.9 Å². The van der Waals surface area contributed by atoms with E-state index in [0.717, 1.165) is 49.5 Å². The van der Waals surface area contributed by atoms with Crippen LogP contribution in [0.25, 0.3) is 0 Å². The lowest BCUT2D eigenvalue weighted by molar-refractivity contribution is 0.0628. The van der Waals surface area contributed by atoms with Gasteiger partial charge < -0.3 is 14.4 Å². The number of nitrogens with zero attached hydrogens (tertiary/aromatic N) is 3. The lowest BCUT2D eigenvalue weighted by Gasteiger charge is -2.35. The van der Waals surface area contributed by atoms with E-state index in [2.05, 4.69) is 11.8 Å². The Bertz CT molecular complexity index is 1140. The van der Waals surface area contributed by atoms with Gasteiger partial charge in [0, 0.05) is 51.4 Å². The summed E-state index contributed by atoms with van der Waals surface area (Å²) in [6, 6.07) is 12.4. The van der Waals surface area contributed by atoms with Crippen molar-refractivity contribution in [2.75, 3.05) is 46.1 Å². The molecule has 0 aliphatic carbocycles. The molecule has 2 aromatic rings. The first-order chi connectivity index (χ1) is 16.4. The molecule has 0 bridgehead atoms. The number of hydrogen-bond donors (Lipinski definition) is 0. The zero-order valence-corrected chi connectivity index (χ0v) is 20.3. The Labute approximate surface area is 201 Å². The van der Waals surface area contributed by atoms with E-state index in [1.165, 1.54) is 0 Å². The Hall–Kier alpha value is -2.62. The average molecular weight is 486 g/mol. The van der Waals surface area contributed by atoms with Crippen LogP contribution in [0.3, 0.4) is 0 Å². The molecule has 3 aliphatic rings. The molecule has 1 atom stereocenters. The Balaban J connectivity index is 1.17. The van der Waals surface area contributed by atoms with Crippen molar-refractivity contribution in [3.63, 3.8) is 0 Å². The van der Waals surface area contributed by atoms with Crippen LogP contribution >= 0.6 is 0 Å². The third-order valence-electron chi connectivity index (χ3n) is 6.86. The summed E-state index contributed by atoms with van der Waals surface area (Å²) in [6.07, 6.45) is 1.95. The predicted molar refractivity (Wildman–Crippen MR) is 127 cm³/mol. The largest absolute Gasteiger partial charge is 0.454 e. The molecule has 0 spiro atoms. The quantitative estimate of drug-likeness (QED) is 0.648. The highest BCUT2D eigenvalue weighted by Gasteiger charge is 2.29. The number of fused-ring (bicyclic) bond motifs is 1. The molecule has 2 aromatic carbocycles. The van der Waals surface area contributed by atoms with Gasteiger partial charge in [-0.15, -0.1) is 0 Å². The molecule has 0 radical (unpaired) electrons. The van der Waals surface area contributed by atoms with Crippen LogP contribution in [0.2, 0.25) is 0 Å². The molecule has 34 heavy (non-hydrogen) atoms. The summed E-state index contributed by atoms with van der Waals surface area (Å²) in [4.78, 5) is 17.4. The molecule has 3 aliphatic heterocycles. The van der Waals surface area contributed by atoms with Crippen molar-refractivity contribution in [3.8, 4) is 11.5 Å². The number of amides is 1. The summed E-state index contributed by atoms with van der Waals surface area (Å²) in [7, 11) is -3.52. The third kappa shape index (κ3) is 4.78. The van der Waals surface area contributed by atoms with Gasteiger partial charge in [-0.05, 0) is 60.7 Å². The van der Waals surface area contributed by atoms with Crippen molar-refractivity contribution in [3.05, 3.63) is 53.6 Å². The van der Waals surface area contributed by atoms with E-state index in [1.54, 1.807) is 28.6 Å². The van der Waals surface area contributed by atoms with E-state index < -0.39 is 10.0 Å². The minimum absolute atomic E-state index is 0.0572. The summed E-state index contributed by atoms with van der Waals surface area (Å²) in [5.74, 6) is 1.88. The van der Waals surface area contributed by atoms with Crippen LogP contribution in [0.4, 0.5) is 0 Å². The Morgan fingerprint density at radius 3 is 2.44 bits per heavy atom. The number of piperidine rings is 1. The molecule has 0 saturated carbocycles. The first-order valence-electron chi connectivity index (χ1n) is 11.9. The summed E-state index contributed by atoms with van der Waals surface area (Å²) >= 11 is 0. The number of rotatable bonds is 5. The molecule has 0 unspecified atom stereocenters. The fraction of sp³-hybridized carbons (Fsp3) is 0.480. The topological polar surface area (TPSA) is 79.4 Å². The van der Waals surface area contributed by atoms with Gasteiger partial charge in [0.15, 0.2) is 11.5 Å². The molecule has 5 rings (SSSR count). The second kappa shape index (κ2) is 9.56. The van der Waals surface area contributed by atoms with Gasteiger partial charge in [-0.1, -0.05) is 13.0 Å². The van der Waals surface area contributed by atoms with Crippen molar-refractivity contribution in [2.24, 2.45) is 5.92 Å². The van der Waals surface area contributed by atoms with Crippen LogP contribution in [0.15, 0.2) is 47.4 Å². The van der Waals surface area contributed by atoms with Gasteiger partial charge >= 0.3 is 0 Å². The molecular weight excluding hydrogens is 454 g/mol. The number of piperazine rings is 1. The van der Waals surface area contributed by atoms with E-state index in [0.29, 0.717) is 37.7 Å². The van der Waals surface area contributed by atoms with E-state index in [9.17, 15) is 13.2 Å². The first-order valence-corrected chi connectivity index (χ1v) is 13.3. The second-order valence-electron chi connectivity index (χ2n) is 9.39. The van der Waals surface area contributed by atoms with Crippen molar-refractivity contribution in [1.29, 1.82) is 0 Å². The van der Waals surface area contributed by atoms with Gasteiger partial charge in [0.25, 0.3) is 5.91 Å². The van der Waals surface area contributed by atoms with Crippen LogP contribution in [-0.2, 0) is 16.6 Å². The second-order valence-corrected chi connectivity index (χ2v) is 11.3. The first kappa shape index (κ1) is 23.1. The van der Waals surface area contributed by atoms with E-state index in [1.807, 2.05) is 23.1 Å². The Morgan fingerprint density at radius 2 is 1.71 bits per heavy atom. The zero-order valence-electron chi connectivity index (χ0n) is 19.5. The summed E-state index contributed by atoms with van der Waals surface area (Å²) in [6.45, 7) is 7.08. The van der Waals surface area contributed by atoms with Gasteiger partial charge in [-0.2, -0.15) is 4.31 Å². The molecular formula is C25H31N3O5S. The number of benzene rings is 2. The molecule has 0 aromatic heterocycles. The van der Waals surface area contributed by atoms with Crippen LogP contribution in [0.5, 0.6) is 11.5 Å². The zero-order chi connectivity index (χ0) is 23.7. The van der Waals surface area contributed by atoms with Crippen molar-refractivity contribution < 1.29 is 22.7 Å². The molecule has 1 amide bonds. The average Bonchev–Trinajstić information content (AvgIpc) is 3.32. The van der Waals surface area contributed by atoms with Gasteiger partial charge in [-0.3, -0.25) is 9.69 Å². The fourth-order valence-electron chi connectivity index (χ4n) is 4.87. The summed E-state index contributed by atoms with van der Waals surface area (Å²) in [5, 5.41) is 0. The minimum atomic E-state index is -3.52. The fourth-order valence-corrected chi connectivity index (χ4v) is 6.47. The number of carbonyl (C=O) groups excluding carboxylic acids is 1. The minimum Gasteiger partial charge on any atom is -0.454 e. The Kier molecular flexibility index (Phi) is 6.50. The molecule has 2 fully saturated rings. The predicted octanol–water partition coefficient (Wildman–Crippen LogP) is 2.79. The van der Waals surface area contributed by atoms with Gasteiger partial charge in [0.2, 0.25) is 16.8 Å². The molecule has 9 heteroatoms. The lowest BCUT2D eigenvalue weighted by Crippen LogP contribution is -2.48. The highest BCUT2D eigenvalue weighted by molar-refractivity contribution is 7.89. The smallest absolute Gasteiger partial charge is 0.253 e. The summed E-state index contributed by atoms with van der Waals surface area (Å²) in [5.41, 5.74) is 1.68. The van der Waals surface area contributed by atoms with Gasteiger partial charge in [0.05, 0.1) is 4.90 Å². The SMILES string of the molecule is C[C@H]1CCCN(S(=O)(=O)c2ccc(C(=O)N3CCN(Cc4ccc5c(c4)OCO5)CC3)cc2)C1. The van der Waals surface area contributed by atoms with Crippen LogP contribution in [0.1, 0.15) is 35.7 Å².